The lowest BCUT2D eigenvalue weighted by Gasteiger charge is -2.06. The molecule has 0 radical (unpaired) electrons. The third-order valence-corrected chi connectivity index (χ3v) is 5.32. The third kappa shape index (κ3) is 4.39. The fourth-order valence-corrected chi connectivity index (χ4v) is 3.83. The lowest BCUT2D eigenvalue weighted by atomic mass is 10.2. The highest BCUT2D eigenvalue weighted by Crippen LogP contribution is 2.34. The maximum Gasteiger partial charge on any atom is 0.264 e. The Hall–Kier alpha value is -2.96. The normalized spacial score (nSPS) is 16.4. The van der Waals surface area contributed by atoms with Crippen molar-refractivity contribution in [2.24, 2.45) is 4.99 Å². The largest absolute Gasteiger partial charge is 0.492 e. The van der Waals surface area contributed by atoms with Gasteiger partial charge in [-0.05, 0) is 55.1 Å². The fraction of sp³-hybridized carbons (Fsp3) is 0.0909. The Kier molecular flexibility index (Phi) is 5.74. The number of rotatable bonds is 5. The van der Waals surface area contributed by atoms with Crippen molar-refractivity contribution in [3.63, 3.8) is 0 Å². The van der Waals surface area contributed by atoms with Crippen molar-refractivity contribution in [3.8, 4) is 17.1 Å². The summed E-state index contributed by atoms with van der Waals surface area (Å²) in [6.07, 6.45) is 1.69. The lowest BCUT2D eigenvalue weighted by molar-refractivity contribution is -0.115. The lowest BCUT2D eigenvalue weighted by Crippen LogP contribution is -2.19. The van der Waals surface area contributed by atoms with Crippen molar-refractivity contribution in [1.29, 1.82) is 0 Å². The molecule has 1 fully saturated rings. The van der Waals surface area contributed by atoms with Crippen LogP contribution in [0.2, 0.25) is 5.02 Å². The molecule has 0 aliphatic carbocycles. The van der Waals surface area contributed by atoms with Gasteiger partial charge in [-0.25, -0.2) is 4.99 Å². The first-order valence-corrected chi connectivity index (χ1v) is 10.2. The molecule has 1 amide bonds. The van der Waals surface area contributed by atoms with Crippen LogP contribution >= 0.6 is 23.4 Å². The highest BCUT2D eigenvalue weighted by molar-refractivity contribution is 8.18. The highest BCUT2D eigenvalue weighted by atomic mass is 35.5. The summed E-state index contributed by atoms with van der Waals surface area (Å²) in [7, 11) is 0. The van der Waals surface area contributed by atoms with Gasteiger partial charge in [0, 0.05) is 11.6 Å². The average molecular weight is 425 g/mol. The van der Waals surface area contributed by atoms with Gasteiger partial charge in [-0.2, -0.15) is 0 Å². The highest BCUT2D eigenvalue weighted by Gasteiger charge is 2.24. The Labute approximate surface area is 177 Å². The quantitative estimate of drug-likeness (QED) is 0.518. The summed E-state index contributed by atoms with van der Waals surface area (Å²) in [6, 6.07) is 18.5. The molecule has 4 rings (SSSR count). The molecule has 0 atom stereocenters. The summed E-state index contributed by atoms with van der Waals surface area (Å²) in [5.74, 6) is 1.66. The number of benzene rings is 2. The molecule has 0 spiro atoms. The van der Waals surface area contributed by atoms with E-state index in [-0.39, 0.29) is 5.91 Å². The van der Waals surface area contributed by atoms with Crippen molar-refractivity contribution in [1.82, 2.24) is 5.32 Å². The van der Waals surface area contributed by atoms with Gasteiger partial charge in [-0.1, -0.05) is 35.9 Å². The second-order valence-corrected chi connectivity index (χ2v) is 7.50. The molecule has 7 heteroatoms. The van der Waals surface area contributed by atoms with Gasteiger partial charge < -0.3 is 14.5 Å². The zero-order valence-corrected chi connectivity index (χ0v) is 17.1. The van der Waals surface area contributed by atoms with Crippen molar-refractivity contribution < 1.29 is 13.9 Å². The molecule has 29 heavy (non-hydrogen) atoms. The number of hydrogen-bond acceptors (Lipinski definition) is 5. The molecule has 3 aromatic rings. The summed E-state index contributed by atoms with van der Waals surface area (Å²) < 4.78 is 11.4. The van der Waals surface area contributed by atoms with Crippen LogP contribution in [0.1, 0.15) is 12.7 Å². The zero-order chi connectivity index (χ0) is 20.2. The Bertz CT molecular complexity index is 1120. The van der Waals surface area contributed by atoms with Crippen LogP contribution in [0.5, 0.6) is 5.75 Å². The summed E-state index contributed by atoms with van der Waals surface area (Å²) in [5, 5.41) is 3.88. The Morgan fingerprint density at radius 1 is 1.14 bits per heavy atom. The van der Waals surface area contributed by atoms with Gasteiger partial charge in [-0.3, -0.25) is 4.79 Å². The number of para-hydroxylation sites is 2. The molecule has 1 saturated heterocycles. The number of carbonyl (C=O) groups excluding carboxylic acids is 1. The molecule has 2 heterocycles. The van der Waals surface area contributed by atoms with E-state index >= 15 is 0 Å². The number of halogens is 1. The standard InChI is InChI=1S/C22H17ClN2O3S/c1-2-27-19-10-6-5-9-17(19)24-22-25-21(26)20(29-22)13-14-11-12-18(28-14)15-7-3-4-8-16(15)23/h3-13H,2H2,1H3,(H,24,25,26)/b20-13+. The van der Waals surface area contributed by atoms with Gasteiger partial charge in [0.15, 0.2) is 5.17 Å². The maximum absolute atomic E-state index is 12.3. The van der Waals surface area contributed by atoms with Crippen molar-refractivity contribution >= 4 is 46.2 Å². The number of furan rings is 1. The van der Waals surface area contributed by atoms with Crippen molar-refractivity contribution in [2.75, 3.05) is 6.61 Å². The molecular weight excluding hydrogens is 408 g/mol. The molecule has 2 aromatic carbocycles. The van der Waals surface area contributed by atoms with E-state index in [4.69, 9.17) is 20.8 Å². The van der Waals surface area contributed by atoms with Crippen LogP contribution in [0, 0.1) is 0 Å². The second-order valence-electron chi connectivity index (χ2n) is 6.06. The van der Waals surface area contributed by atoms with Gasteiger partial charge in [0.05, 0.1) is 16.5 Å². The minimum Gasteiger partial charge on any atom is -0.492 e. The van der Waals surface area contributed by atoms with Gasteiger partial charge in [0.2, 0.25) is 0 Å². The molecule has 1 N–H and O–H groups in total. The van der Waals surface area contributed by atoms with Crippen LogP contribution in [-0.2, 0) is 4.79 Å². The van der Waals surface area contributed by atoms with Crippen LogP contribution in [0.4, 0.5) is 5.69 Å². The second kappa shape index (κ2) is 8.59. The summed E-state index contributed by atoms with van der Waals surface area (Å²) >= 11 is 7.48. The number of nitrogens with zero attached hydrogens (tertiary/aromatic N) is 1. The van der Waals surface area contributed by atoms with Gasteiger partial charge in [0.1, 0.15) is 23.0 Å². The molecule has 146 valence electrons. The Balaban J connectivity index is 1.56. The number of hydrogen-bond donors (Lipinski definition) is 1. The summed E-state index contributed by atoms with van der Waals surface area (Å²) in [6.45, 7) is 2.45. The summed E-state index contributed by atoms with van der Waals surface area (Å²) in [5.41, 5.74) is 1.47. The van der Waals surface area contributed by atoms with Crippen LogP contribution in [0.25, 0.3) is 17.4 Å². The maximum atomic E-state index is 12.3. The van der Waals surface area contributed by atoms with Crippen LogP contribution in [0.15, 0.2) is 75.0 Å². The van der Waals surface area contributed by atoms with E-state index in [9.17, 15) is 4.79 Å². The molecule has 1 aromatic heterocycles. The van der Waals surface area contributed by atoms with Gasteiger partial charge in [0.25, 0.3) is 5.91 Å². The smallest absolute Gasteiger partial charge is 0.264 e. The van der Waals surface area contributed by atoms with Crippen LogP contribution in [0.3, 0.4) is 0 Å². The number of thioether (sulfide) groups is 1. The SMILES string of the molecule is CCOc1ccccc1N=C1NC(=O)/C(=C\c2ccc(-c3ccccc3Cl)o2)S1. The minimum atomic E-state index is -0.224. The number of amides is 1. The van der Waals surface area contributed by atoms with Gasteiger partial charge >= 0.3 is 0 Å². The van der Waals surface area contributed by atoms with E-state index < -0.39 is 0 Å². The Morgan fingerprint density at radius 3 is 2.76 bits per heavy atom. The number of aliphatic imine (C=N–C) groups is 1. The van der Waals surface area contributed by atoms with Crippen LogP contribution < -0.4 is 10.1 Å². The third-order valence-electron chi connectivity index (χ3n) is 4.08. The molecule has 5 nitrogen and oxygen atoms in total. The predicted molar refractivity (Wildman–Crippen MR) is 118 cm³/mol. The first kappa shape index (κ1) is 19.4. The fourth-order valence-electron chi connectivity index (χ4n) is 2.78. The monoisotopic (exact) mass is 424 g/mol. The molecule has 1 aliphatic rings. The number of amidine groups is 1. The first-order valence-electron chi connectivity index (χ1n) is 9.00. The van der Waals surface area contributed by atoms with E-state index in [1.54, 1.807) is 18.2 Å². The van der Waals surface area contributed by atoms with E-state index in [0.29, 0.717) is 44.7 Å². The van der Waals surface area contributed by atoms with Crippen molar-refractivity contribution in [3.05, 3.63) is 76.4 Å². The number of nitrogens with one attached hydrogen (secondary N) is 1. The predicted octanol–water partition coefficient (Wildman–Crippen LogP) is 5.89. The average Bonchev–Trinajstić information content (AvgIpc) is 3.31. The molecule has 1 aliphatic heterocycles. The minimum absolute atomic E-state index is 0.224. The van der Waals surface area contributed by atoms with E-state index in [0.717, 1.165) is 5.56 Å². The zero-order valence-electron chi connectivity index (χ0n) is 15.5. The number of ether oxygens (including phenoxy) is 1. The van der Waals surface area contributed by atoms with E-state index in [2.05, 4.69) is 10.3 Å². The molecule has 0 saturated carbocycles. The van der Waals surface area contributed by atoms with Crippen molar-refractivity contribution in [2.45, 2.75) is 6.92 Å². The first-order chi connectivity index (χ1) is 14.1. The van der Waals surface area contributed by atoms with Gasteiger partial charge in [-0.15, -0.1) is 0 Å². The molecular formula is C22H17ClN2O3S. The summed E-state index contributed by atoms with van der Waals surface area (Å²) in [4.78, 5) is 17.4. The van der Waals surface area contributed by atoms with Crippen LogP contribution in [-0.4, -0.2) is 17.7 Å². The van der Waals surface area contributed by atoms with E-state index in [1.165, 1.54) is 11.8 Å². The Morgan fingerprint density at radius 2 is 1.93 bits per heavy atom. The topological polar surface area (TPSA) is 63.8 Å². The molecule has 0 bridgehead atoms. The molecule has 0 unspecified atom stereocenters. The number of carbonyl (C=O) groups is 1. The van der Waals surface area contributed by atoms with E-state index in [1.807, 2.05) is 55.5 Å².